The van der Waals surface area contributed by atoms with Crippen molar-refractivity contribution < 1.29 is 13.9 Å². The number of imidazole rings is 1. The number of nitrogens with zero attached hydrogens (tertiary/aromatic N) is 2. The zero-order valence-electron chi connectivity index (χ0n) is 15.7. The van der Waals surface area contributed by atoms with E-state index in [0.717, 1.165) is 47.1 Å². The second-order valence-corrected chi connectivity index (χ2v) is 6.34. The first kappa shape index (κ1) is 17.9. The lowest BCUT2D eigenvalue weighted by molar-refractivity contribution is 0.301. The van der Waals surface area contributed by atoms with Gasteiger partial charge in [0.2, 0.25) is 0 Å². The van der Waals surface area contributed by atoms with Crippen molar-refractivity contribution in [1.82, 2.24) is 9.55 Å². The molecule has 2 aromatic heterocycles. The van der Waals surface area contributed by atoms with E-state index in [9.17, 15) is 0 Å². The number of aromatic nitrogens is 2. The third-order valence-corrected chi connectivity index (χ3v) is 4.48. The molecule has 0 amide bonds. The van der Waals surface area contributed by atoms with Crippen molar-refractivity contribution in [2.24, 2.45) is 0 Å². The minimum absolute atomic E-state index is 0.625. The van der Waals surface area contributed by atoms with Gasteiger partial charge in [-0.3, -0.25) is 0 Å². The maximum atomic E-state index is 5.85. The Morgan fingerprint density at radius 2 is 1.79 bits per heavy atom. The summed E-state index contributed by atoms with van der Waals surface area (Å²) in [4.78, 5) is 4.75. The number of ether oxygens (including phenoxy) is 2. The molecule has 142 valence electrons. The molecule has 4 aromatic rings. The number of hydrogen-bond donors (Lipinski definition) is 0. The summed E-state index contributed by atoms with van der Waals surface area (Å²) in [5, 5.41) is 0. The Morgan fingerprint density at radius 1 is 0.964 bits per heavy atom. The van der Waals surface area contributed by atoms with Crippen LogP contribution < -0.4 is 9.47 Å². The summed E-state index contributed by atoms with van der Waals surface area (Å²) in [5.74, 6) is 3.38. The van der Waals surface area contributed by atoms with Crippen molar-refractivity contribution in [2.75, 3.05) is 13.7 Å². The third-order valence-electron chi connectivity index (χ3n) is 4.48. The van der Waals surface area contributed by atoms with Gasteiger partial charge in [0.25, 0.3) is 0 Å². The van der Waals surface area contributed by atoms with Gasteiger partial charge in [-0.25, -0.2) is 4.98 Å². The van der Waals surface area contributed by atoms with Gasteiger partial charge in [-0.15, -0.1) is 0 Å². The van der Waals surface area contributed by atoms with E-state index >= 15 is 0 Å². The fourth-order valence-corrected chi connectivity index (χ4v) is 3.08. The number of aryl methyl sites for hydroxylation is 1. The number of para-hydroxylation sites is 2. The van der Waals surface area contributed by atoms with Crippen LogP contribution >= 0.6 is 0 Å². The van der Waals surface area contributed by atoms with Crippen LogP contribution in [0.25, 0.3) is 23.2 Å². The number of methoxy groups -OCH3 is 1. The van der Waals surface area contributed by atoms with Crippen molar-refractivity contribution in [3.63, 3.8) is 0 Å². The molecule has 0 fully saturated rings. The van der Waals surface area contributed by atoms with Gasteiger partial charge in [-0.05, 0) is 67.1 Å². The van der Waals surface area contributed by atoms with E-state index in [-0.39, 0.29) is 0 Å². The summed E-state index contributed by atoms with van der Waals surface area (Å²) in [6.07, 6.45) is 6.46. The second kappa shape index (κ2) is 8.48. The quantitative estimate of drug-likeness (QED) is 0.394. The average Bonchev–Trinajstić information content (AvgIpc) is 3.38. The van der Waals surface area contributed by atoms with Gasteiger partial charge in [0.05, 0.1) is 31.0 Å². The Morgan fingerprint density at radius 3 is 2.57 bits per heavy atom. The lowest BCUT2D eigenvalue weighted by Crippen LogP contribution is -2.06. The molecule has 0 saturated carbocycles. The van der Waals surface area contributed by atoms with E-state index in [1.165, 1.54) is 0 Å². The molecule has 5 nitrogen and oxygen atoms in total. The molecule has 0 saturated heterocycles. The fraction of sp³-hybridized carbons (Fsp3) is 0.174. The predicted octanol–water partition coefficient (Wildman–Crippen LogP) is 5.28. The highest BCUT2D eigenvalue weighted by Gasteiger charge is 2.08. The average molecular weight is 374 g/mol. The first-order valence-corrected chi connectivity index (χ1v) is 9.27. The first-order chi connectivity index (χ1) is 13.8. The molecule has 0 N–H and O–H groups in total. The summed E-state index contributed by atoms with van der Waals surface area (Å²) >= 11 is 0. The van der Waals surface area contributed by atoms with Crippen molar-refractivity contribution in [3.05, 3.63) is 78.5 Å². The minimum Gasteiger partial charge on any atom is -0.497 e. The van der Waals surface area contributed by atoms with Crippen molar-refractivity contribution in [1.29, 1.82) is 0 Å². The van der Waals surface area contributed by atoms with Gasteiger partial charge in [0.1, 0.15) is 23.1 Å². The Bertz CT molecular complexity index is 1050. The number of rotatable bonds is 8. The maximum absolute atomic E-state index is 5.85. The van der Waals surface area contributed by atoms with Crippen LogP contribution in [0.2, 0.25) is 0 Å². The van der Waals surface area contributed by atoms with E-state index in [4.69, 9.17) is 18.9 Å². The molecule has 0 aliphatic heterocycles. The van der Waals surface area contributed by atoms with Crippen LogP contribution in [-0.2, 0) is 6.54 Å². The highest BCUT2D eigenvalue weighted by molar-refractivity contribution is 5.79. The van der Waals surface area contributed by atoms with Gasteiger partial charge in [-0.1, -0.05) is 12.1 Å². The van der Waals surface area contributed by atoms with Gasteiger partial charge in [0.15, 0.2) is 0 Å². The Balaban J connectivity index is 1.45. The van der Waals surface area contributed by atoms with E-state index in [0.29, 0.717) is 6.61 Å². The number of hydrogen-bond acceptors (Lipinski definition) is 4. The van der Waals surface area contributed by atoms with Crippen LogP contribution in [0.4, 0.5) is 0 Å². The molecule has 4 rings (SSSR count). The molecular formula is C23H22N2O3. The minimum atomic E-state index is 0.625. The standard InChI is InChI=1S/C23H22N2O3/c1-26-18-9-11-20(12-10-18)28-17-5-15-25-22-8-3-2-7-21(22)24-23(25)14-13-19-6-4-16-27-19/h2-4,6-14,16H,5,15,17H2,1H3/b14-13+. The maximum Gasteiger partial charge on any atom is 0.133 e. The van der Waals surface area contributed by atoms with Gasteiger partial charge >= 0.3 is 0 Å². The van der Waals surface area contributed by atoms with Gasteiger partial charge in [0, 0.05) is 6.54 Å². The third kappa shape index (κ3) is 4.09. The first-order valence-electron chi connectivity index (χ1n) is 9.27. The SMILES string of the molecule is COc1ccc(OCCCn2c(/C=C/c3ccco3)nc3ccccc32)cc1. The lowest BCUT2D eigenvalue weighted by atomic mass is 10.3. The molecule has 0 radical (unpaired) electrons. The van der Waals surface area contributed by atoms with Crippen LogP contribution in [0.3, 0.4) is 0 Å². The molecule has 0 aliphatic rings. The van der Waals surface area contributed by atoms with Crippen LogP contribution in [0.1, 0.15) is 18.0 Å². The van der Waals surface area contributed by atoms with Crippen LogP contribution in [0.15, 0.2) is 71.3 Å². The Labute approximate surface area is 163 Å². The number of benzene rings is 2. The zero-order chi connectivity index (χ0) is 19.2. The normalized spacial score (nSPS) is 11.3. The Kier molecular flexibility index (Phi) is 5.43. The molecule has 28 heavy (non-hydrogen) atoms. The summed E-state index contributed by atoms with van der Waals surface area (Å²) in [6.45, 7) is 1.44. The molecular weight excluding hydrogens is 352 g/mol. The topological polar surface area (TPSA) is 49.4 Å². The fourth-order valence-electron chi connectivity index (χ4n) is 3.08. The Hall–Kier alpha value is -3.47. The van der Waals surface area contributed by atoms with E-state index < -0.39 is 0 Å². The molecule has 0 spiro atoms. The number of fused-ring (bicyclic) bond motifs is 1. The molecule has 0 aliphatic carbocycles. The summed E-state index contributed by atoms with van der Waals surface area (Å²) in [7, 11) is 1.66. The van der Waals surface area contributed by atoms with Gasteiger partial charge < -0.3 is 18.5 Å². The summed E-state index contributed by atoms with van der Waals surface area (Å²) < 4.78 is 18.6. The van der Waals surface area contributed by atoms with Crippen molar-refractivity contribution in [2.45, 2.75) is 13.0 Å². The zero-order valence-corrected chi connectivity index (χ0v) is 15.7. The van der Waals surface area contributed by atoms with E-state index in [2.05, 4.69) is 10.6 Å². The van der Waals surface area contributed by atoms with Gasteiger partial charge in [-0.2, -0.15) is 0 Å². The molecule has 0 bridgehead atoms. The second-order valence-electron chi connectivity index (χ2n) is 6.34. The smallest absolute Gasteiger partial charge is 0.133 e. The molecule has 5 heteroatoms. The predicted molar refractivity (Wildman–Crippen MR) is 110 cm³/mol. The summed E-state index contributed by atoms with van der Waals surface area (Å²) in [6, 6.07) is 19.6. The van der Waals surface area contributed by atoms with Crippen LogP contribution in [-0.4, -0.2) is 23.3 Å². The van der Waals surface area contributed by atoms with Crippen LogP contribution in [0.5, 0.6) is 11.5 Å². The number of furan rings is 1. The highest BCUT2D eigenvalue weighted by Crippen LogP contribution is 2.20. The highest BCUT2D eigenvalue weighted by atomic mass is 16.5. The largest absolute Gasteiger partial charge is 0.497 e. The monoisotopic (exact) mass is 374 g/mol. The summed E-state index contributed by atoms with van der Waals surface area (Å²) in [5.41, 5.74) is 2.10. The van der Waals surface area contributed by atoms with E-state index in [1.807, 2.05) is 66.7 Å². The molecule has 2 aromatic carbocycles. The van der Waals surface area contributed by atoms with Crippen LogP contribution in [0, 0.1) is 0 Å². The molecule has 0 atom stereocenters. The molecule has 0 unspecified atom stereocenters. The van der Waals surface area contributed by atoms with Crippen molar-refractivity contribution >= 4 is 23.2 Å². The lowest BCUT2D eigenvalue weighted by Gasteiger charge is -2.09. The molecule has 2 heterocycles. The van der Waals surface area contributed by atoms with E-state index in [1.54, 1.807) is 13.4 Å². The van der Waals surface area contributed by atoms with Crippen molar-refractivity contribution in [3.8, 4) is 11.5 Å².